The van der Waals surface area contributed by atoms with Crippen molar-refractivity contribution in [2.45, 2.75) is 21.1 Å². The largest absolute Gasteiger partial charge is 0.336 e. The van der Waals surface area contributed by atoms with Crippen molar-refractivity contribution in [2.75, 3.05) is 19.8 Å². The van der Waals surface area contributed by atoms with E-state index in [9.17, 15) is 9.59 Å². The molecule has 1 aliphatic rings. The monoisotopic (exact) mass is 574 g/mol. The normalized spacial score (nSPS) is 15.9. The second kappa shape index (κ2) is 16.6. The van der Waals surface area contributed by atoms with Gasteiger partial charge in [0.05, 0.1) is 11.8 Å². The van der Waals surface area contributed by atoms with E-state index >= 15 is 0 Å². The van der Waals surface area contributed by atoms with Gasteiger partial charge in [0.1, 0.15) is 5.25 Å². The highest BCUT2D eigenvalue weighted by molar-refractivity contribution is 8.00. The number of carbonyl (C=O) groups is 2. The zero-order valence-corrected chi connectivity index (χ0v) is 24.3. The number of thioether (sulfide) groups is 2. The summed E-state index contributed by atoms with van der Waals surface area (Å²) >= 11 is 8.27. The van der Waals surface area contributed by atoms with Crippen LogP contribution in [0, 0.1) is 0 Å². The SMILES string of the molecule is CN1C(=O)[C@@H](Sc2ccccc2)[C@@H]1c1ccccc1.CN=Cc1ccccc1.O=C(Cl)CSc1ccccc1. The van der Waals surface area contributed by atoms with E-state index in [1.54, 1.807) is 18.8 Å². The van der Waals surface area contributed by atoms with E-state index in [-0.39, 0.29) is 22.4 Å². The Kier molecular flexibility index (Phi) is 12.9. The number of amides is 1. The average molecular weight is 575 g/mol. The van der Waals surface area contributed by atoms with Gasteiger partial charge >= 0.3 is 0 Å². The van der Waals surface area contributed by atoms with Crippen LogP contribution in [0.1, 0.15) is 17.2 Å². The molecule has 0 radical (unpaired) electrons. The molecule has 200 valence electrons. The molecule has 4 aromatic carbocycles. The zero-order chi connectivity index (χ0) is 27.9. The number of aliphatic imine (C=N–C) groups is 1. The smallest absolute Gasteiger partial charge is 0.238 e. The van der Waals surface area contributed by atoms with Gasteiger partial charge in [0.25, 0.3) is 0 Å². The number of hydrogen-bond acceptors (Lipinski definition) is 5. The van der Waals surface area contributed by atoms with Gasteiger partial charge in [-0.2, -0.15) is 0 Å². The van der Waals surface area contributed by atoms with E-state index in [0.29, 0.717) is 5.75 Å². The van der Waals surface area contributed by atoms with Gasteiger partial charge in [-0.15, -0.1) is 23.5 Å². The Morgan fingerprint density at radius 2 is 1.31 bits per heavy atom. The fourth-order valence-corrected chi connectivity index (χ4v) is 5.88. The molecule has 0 N–H and O–H groups in total. The van der Waals surface area contributed by atoms with E-state index in [2.05, 4.69) is 29.3 Å². The summed E-state index contributed by atoms with van der Waals surface area (Å²) in [6.45, 7) is 0. The van der Waals surface area contributed by atoms with E-state index in [1.807, 2.05) is 115 Å². The lowest BCUT2D eigenvalue weighted by molar-refractivity contribution is -0.142. The van der Waals surface area contributed by atoms with Crippen LogP contribution in [-0.4, -0.2) is 47.4 Å². The predicted octanol–water partition coefficient (Wildman–Crippen LogP) is 7.64. The Balaban J connectivity index is 0.000000179. The second-order valence-electron chi connectivity index (χ2n) is 8.41. The fourth-order valence-electron chi connectivity index (χ4n) is 3.75. The summed E-state index contributed by atoms with van der Waals surface area (Å²) in [5.41, 5.74) is 2.36. The number of carbonyl (C=O) groups excluding carboxylic acids is 2. The molecule has 0 spiro atoms. The van der Waals surface area contributed by atoms with E-state index < -0.39 is 0 Å². The Morgan fingerprint density at radius 1 is 0.821 bits per heavy atom. The first-order chi connectivity index (χ1) is 19.0. The fraction of sp³-hybridized carbons (Fsp3) is 0.156. The molecule has 0 bridgehead atoms. The molecule has 2 atom stereocenters. The molecule has 4 aromatic rings. The Bertz CT molecular complexity index is 1310. The van der Waals surface area contributed by atoms with Gasteiger partial charge in [-0.3, -0.25) is 14.6 Å². The predicted molar refractivity (Wildman–Crippen MR) is 166 cm³/mol. The maximum Gasteiger partial charge on any atom is 0.238 e. The van der Waals surface area contributed by atoms with Crippen LogP contribution in [0.3, 0.4) is 0 Å². The molecule has 5 rings (SSSR count). The number of hydrogen-bond donors (Lipinski definition) is 0. The summed E-state index contributed by atoms with van der Waals surface area (Å²) in [6, 6.07) is 40.3. The molecule has 1 heterocycles. The number of nitrogens with zero attached hydrogens (tertiary/aromatic N) is 2. The quantitative estimate of drug-likeness (QED) is 0.0984. The summed E-state index contributed by atoms with van der Waals surface area (Å²) in [5.74, 6) is 0.550. The van der Waals surface area contributed by atoms with Crippen molar-refractivity contribution < 1.29 is 9.59 Å². The van der Waals surface area contributed by atoms with Gasteiger partial charge in [-0.1, -0.05) is 97.1 Å². The number of β-lactam (4-membered cyclic amide) rings is 1. The van der Waals surface area contributed by atoms with Crippen LogP contribution < -0.4 is 0 Å². The lowest BCUT2D eigenvalue weighted by Crippen LogP contribution is -2.54. The summed E-state index contributed by atoms with van der Waals surface area (Å²) in [7, 11) is 3.65. The molecule has 1 saturated heterocycles. The van der Waals surface area contributed by atoms with Crippen molar-refractivity contribution >= 4 is 52.5 Å². The van der Waals surface area contributed by atoms with Crippen LogP contribution in [0.15, 0.2) is 136 Å². The summed E-state index contributed by atoms with van der Waals surface area (Å²) in [4.78, 5) is 30.3. The average Bonchev–Trinajstić information content (AvgIpc) is 2.99. The third-order valence-electron chi connectivity index (χ3n) is 5.62. The van der Waals surface area contributed by atoms with Crippen LogP contribution in [0.4, 0.5) is 0 Å². The second-order valence-corrected chi connectivity index (χ2v) is 11.1. The maximum atomic E-state index is 12.1. The van der Waals surface area contributed by atoms with Crippen LogP contribution in [-0.2, 0) is 9.59 Å². The Morgan fingerprint density at radius 3 is 1.82 bits per heavy atom. The minimum absolute atomic E-state index is 0.00481. The minimum Gasteiger partial charge on any atom is -0.336 e. The van der Waals surface area contributed by atoms with E-state index in [4.69, 9.17) is 11.6 Å². The minimum atomic E-state index is -0.307. The summed E-state index contributed by atoms with van der Waals surface area (Å²) < 4.78 is 0. The van der Waals surface area contributed by atoms with Gasteiger partial charge in [-0.05, 0) is 47.0 Å². The standard InChI is InChI=1S/C16H15NOS.C8H7ClOS.C8H9N/c1-17-14(12-8-4-2-5-9-12)15(16(17)18)19-13-10-6-3-7-11-13;9-8(10)6-11-7-4-2-1-3-5-7;1-9-7-8-5-3-2-4-6-8/h2-11,14-15H,1H3;1-5H,6H2;2-7H,1H3/t14-,15-;;/m0../s1. The first-order valence-corrected chi connectivity index (χ1v) is 14.6. The first-order valence-electron chi connectivity index (χ1n) is 12.4. The number of benzene rings is 4. The zero-order valence-electron chi connectivity index (χ0n) is 21.9. The van der Waals surface area contributed by atoms with Crippen molar-refractivity contribution in [3.05, 3.63) is 132 Å². The highest BCUT2D eigenvalue weighted by atomic mass is 35.5. The molecular formula is C32H31ClN2O2S2. The third-order valence-corrected chi connectivity index (χ3v) is 8.18. The molecular weight excluding hydrogens is 544 g/mol. The van der Waals surface area contributed by atoms with E-state index in [1.165, 1.54) is 17.3 Å². The number of likely N-dealkylation sites (tertiary alicyclic amines) is 1. The molecule has 39 heavy (non-hydrogen) atoms. The first kappa shape index (κ1) is 30.2. The molecule has 7 heteroatoms. The maximum absolute atomic E-state index is 12.1. The molecule has 0 saturated carbocycles. The van der Waals surface area contributed by atoms with Crippen molar-refractivity contribution in [1.82, 2.24) is 4.90 Å². The van der Waals surface area contributed by atoms with Gasteiger partial charge in [0.15, 0.2) is 0 Å². The van der Waals surface area contributed by atoms with Crippen LogP contribution in [0.25, 0.3) is 0 Å². The van der Waals surface area contributed by atoms with Crippen molar-refractivity contribution in [3.8, 4) is 0 Å². The van der Waals surface area contributed by atoms with Gasteiger partial charge in [0.2, 0.25) is 11.1 Å². The summed E-state index contributed by atoms with van der Waals surface area (Å²) in [6.07, 6.45) is 1.83. The molecule has 0 unspecified atom stereocenters. The molecule has 0 aliphatic carbocycles. The van der Waals surface area contributed by atoms with Crippen LogP contribution in [0.5, 0.6) is 0 Å². The van der Waals surface area contributed by atoms with E-state index in [0.717, 1.165) is 15.4 Å². The molecule has 1 amide bonds. The lowest BCUT2D eigenvalue weighted by Gasteiger charge is -2.44. The number of halogens is 1. The summed E-state index contributed by atoms with van der Waals surface area (Å²) in [5, 5.41) is -0.311. The van der Waals surface area contributed by atoms with Gasteiger partial charge in [-0.25, -0.2) is 0 Å². The Labute approximate surface area is 244 Å². The van der Waals surface area contributed by atoms with Crippen molar-refractivity contribution in [2.24, 2.45) is 4.99 Å². The highest BCUT2D eigenvalue weighted by Crippen LogP contribution is 2.43. The van der Waals surface area contributed by atoms with Crippen molar-refractivity contribution in [1.29, 1.82) is 0 Å². The molecule has 1 fully saturated rings. The van der Waals surface area contributed by atoms with Gasteiger partial charge < -0.3 is 4.90 Å². The highest BCUT2D eigenvalue weighted by Gasteiger charge is 2.46. The molecule has 4 nitrogen and oxygen atoms in total. The topological polar surface area (TPSA) is 49.7 Å². The number of rotatable bonds is 7. The lowest BCUT2D eigenvalue weighted by atomic mass is 9.94. The molecule has 1 aliphatic heterocycles. The van der Waals surface area contributed by atoms with Crippen molar-refractivity contribution in [3.63, 3.8) is 0 Å². The Hall–Kier alpha value is -3.32. The third kappa shape index (κ3) is 10.1. The van der Waals surface area contributed by atoms with Crippen LogP contribution in [0.2, 0.25) is 0 Å². The molecule has 0 aromatic heterocycles. The van der Waals surface area contributed by atoms with Gasteiger partial charge in [0, 0.05) is 30.1 Å². The van der Waals surface area contributed by atoms with Crippen LogP contribution >= 0.6 is 35.1 Å².